The molecule has 184 valence electrons. The Kier molecular flexibility index (Phi) is 9.42. The van der Waals surface area contributed by atoms with E-state index >= 15 is 0 Å². The number of nitriles is 1. The predicted octanol–water partition coefficient (Wildman–Crippen LogP) is 4.40. The number of halogens is 1. The fraction of sp³-hybridized carbons (Fsp3) is 0.154. The summed E-state index contributed by atoms with van der Waals surface area (Å²) in [6, 6.07) is 19.4. The van der Waals surface area contributed by atoms with Gasteiger partial charge in [0.1, 0.15) is 18.8 Å². The summed E-state index contributed by atoms with van der Waals surface area (Å²) in [6.07, 6.45) is 1.04. The van der Waals surface area contributed by atoms with Crippen LogP contribution in [0.5, 0.6) is 17.2 Å². The molecular formula is C26H23BrN4O5. The number of benzene rings is 3. The van der Waals surface area contributed by atoms with E-state index < -0.39 is 18.2 Å². The van der Waals surface area contributed by atoms with E-state index in [-0.39, 0.29) is 6.61 Å². The zero-order valence-corrected chi connectivity index (χ0v) is 21.2. The van der Waals surface area contributed by atoms with Gasteiger partial charge < -0.3 is 19.5 Å². The van der Waals surface area contributed by atoms with Crippen molar-refractivity contribution in [1.82, 2.24) is 5.43 Å². The molecule has 0 radical (unpaired) electrons. The average molecular weight is 551 g/mol. The SMILES string of the molecule is COc1ccc(NC(=O)CC(=O)NN=Cc2cc(Br)c(OCc3ccc(C#N)cc3)c(OC)c2)cc1. The number of hydrazone groups is 1. The first-order valence-electron chi connectivity index (χ1n) is 10.7. The molecule has 3 aromatic rings. The number of hydrogen-bond donors (Lipinski definition) is 2. The van der Waals surface area contributed by atoms with Gasteiger partial charge in [0.05, 0.1) is 36.5 Å². The largest absolute Gasteiger partial charge is 0.497 e. The third-order valence-corrected chi connectivity index (χ3v) is 5.40. The summed E-state index contributed by atoms with van der Waals surface area (Å²) in [4.78, 5) is 24.1. The van der Waals surface area contributed by atoms with Crippen molar-refractivity contribution in [3.05, 3.63) is 81.8 Å². The van der Waals surface area contributed by atoms with Crippen LogP contribution in [0.2, 0.25) is 0 Å². The van der Waals surface area contributed by atoms with E-state index in [0.717, 1.165) is 5.56 Å². The minimum atomic E-state index is -0.564. The number of carbonyl (C=O) groups excluding carboxylic acids is 2. The molecule has 0 saturated carbocycles. The van der Waals surface area contributed by atoms with Crippen molar-refractivity contribution in [3.8, 4) is 23.3 Å². The highest BCUT2D eigenvalue weighted by atomic mass is 79.9. The maximum atomic E-state index is 12.1. The number of carbonyl (C=O) groups is 2. The Labute approximate surface area is 216 Å². The Hall–Kier alpha value is -4.36. The highest BCUT2D eigenvalue weighted by Crippen LogP contribution is 2.36. The molecule has 0 spiro atoms. The number of rotatable bonds is 10. The van der Waals surface area contributed by atoms with Crippen LogP contribution in [-0.2, 0) is 16.2 Å². The number of hydrogen-bond acceptors (Lipinski definition) is 7. The van der Waals surface area contributed by atoms with Gasteiger partial charge in [-0.3, -0.25) is 9.59 Å². The van der Waals surface area contributed by atoms with Crippen LogP contribution in [0.15, 0.2) is 70.2 Å². The lowest BCUT2D eigenvalue weighted by atomic mass is 10.1. The first kappa shape index (κ1) is 26.2. The second-order valence-corrected chi connectivity index (χ2v) is 8.23. The first-order valence-corrected chi connectivity index (χ1v) is 11.5. The molecule has 0 aliphatic rings. The van der Waals surface area contributed by atoms with Gasteiger partial charge in [-0.15, -0.1) is 0 Å². The number of anilines is 1. The fourth-order valence-electron chi connectivity index (χ4n) is 3.03. The number of amides is 2. The molecule has 10 heteroatoms. The van der Waals surface area contributed by atoms with E-state index in [4.69, 9.17) is 19.5 Å². The molecule has 0 aromatic heterocycles. The molecule has 2 N–H and O–H groups in total. The molecule has 9 nitrogen and oxygen atoms in total. The van der Waals surface area contributed by atoms with Crippen LogP contribution < -0.4 is 25.0 Å². The van der Waals surface area contributed by atoms with Crippen molar-refractivity contribution in [2.75, 3.05) is 19.5 Å². The van der Waals surface area contributed by atoms with Crippen molar-refractivity contribution in [1.29, 1.82) is 5.26 Å². The van der Waals surface area contributed by atoms with Gasteiger partial charge >= 0.3 is 0 Å². The Morgan fingerprint density at radius 2 is 1.75 bits per heavy atom. The van der Waals surface area contributed by atoms with Crippen molar-refractivity contribution >= 4 is 39.6 Å². The van der Waals surface area contributed by atoms with E-state index in [1.165, 1.54) is 13.3 Å². The molecule has 36 heavy (non-hydrogen) atoms. The molecule has 0 atom stereocenters. The van der Waals surface area contributed by atoms with Gasteiger partial charge in [-0.25, -0.2) is 5.43 Å². The summed E-state index contributed by atoms with van der Waals surface area (Å²) >= 11 is 3.47. The molecule has 0 fully saturated rings. The van der Waals surface area contributed by atoms with Gasteiger partial charge in [0.25, 0.3) is 0 Å². The Morgan fingerprint density at radius 3 is 2.39 bits per heavy atom. The third kappa shape index (κ3) is 7.58. The normalized spacial score (nSPS) is 10.4. The fourth-order valence-corrected chi connectivity index (χ4v) is 3.60. The zero-order valence-electron chi connectivity index (χ0n) is 19.6. The quantitative estimate of drug-likeness (QED) is 0.219. The predicted molar refractivity (Wildman–Crippen MR) is 138 cm³/mol. The Morgan fingerprint density at radius 1 is 1.03 bits per heavy atom. The van der Waals surface area contributed by atoms with Crippen molar-refractivity contribution in [2.45, 2.75) is 13.0 Å². The lowest BCUT2D eigenvalue weighted by Crippen LogP contribution is -2.24. The van der Waals surface area contributed by atoms with Crippen molar-refractivity contribution in [2.24, 2.45) is 5.10 Å². The number of ether oxygens (including phenoxy) is 3. The number of methoxy groups -OCH3 is 2. The van der Waals surface area contributed by atoms with Crippen molar-refractivity contribution < 1.29 is 23.8 Å². The molecule has 3 aromatic carbocycles. The second-order valence-electron chi connectivity index (χ2n) is 7.38. The second kappa shape index (κ2) is 12.9. The molecular weight excluding hydrogens is 528 g/mol. The molecule has 0 heterocycles. The van der Waals surface area contributed by atoms with Crippen LogP contribution in [0.4, 0.5) is 5.69 Å². The lowest BCUT2D eigenvalue weighted by Gasteiger charge is -2.13. The molecule has 3 rings (SSSR count). The summed E-state index contributed by atoms with van der Waals surface area (Å²) in [5.74, 6) is 0.587. The van der Waals surface area contributed by atoms with E-state index in [9.17, 15) is 9.59 Å². The zero-order chi connectivity index (χ0) is 25.9. The third-order valence-electron chi connectivity index (χ3n) is 4.82. The van der Waals surface area contributed by atoms with Gasteiger partial charge in [-0.2, -0.15) is 10.4 Å². The maximum absolute atomic E-state index is 12.1. The van der Waals surface area contributed by atoms with E-state index in [2.05, 4.69) is 37.8 Å². The van der Waals surface area contributed by atoms with Gasteiger partial charge in [0.2, 0.25) is 11.8 Å². The van der Waals surface area contributed by atoms with Crippen LogP contribution in [0, 0.1) is 11.3 Å². The van der Waals surface area contributed by atoms with E-state index in [0.29, 0.717) is 38.5 Å². The highest BCUT2D eigenvalue weighted by Gasteiger charge is 2.12. The molecule has 0 unspecified atom stereocenters. The lowest BCUT2D eigenvalue weighted by molar-refractivity contribution is -0.126. The summed E-state index contributed by atoms with van der Waals surface area (Å²) in [5.41, 5.74) is 4.99. The molecule has 0 aliphatic heterocycles. The topological polar surface area (TPSA) is 122 Å². The minimum absolute atomic E-state index is 0.281. The molecule has 2 amide bonds. The van der Waals surface area contributed by atoms with Crippen LogP contribution >= 0.6 is 15.9 Å². The van der Waals surface area contributed by atoms with Crippen LogP contribution in [0.3, 0.4) is 0 Å². The van der Waals surface area contributed by atoms with Gasteiger partial charge in [-0.05, 0) is 75.6 Å². The van der Waals surface area contributed by atoms with Gasteiger partial charge in [-0.1, -0.05) is 12.1 Å². The first-order chi connectivity index (χ1) is 17.4. The summed E-state index contributed by atoms with van der Waals surface area (Å²) in [5, 5.41) is 15.5. The monoisotopic (exact) mass is 550 g/mol. The smallest absolute Gasteiger partial charge is 0.249 e. The van der Waals surface area contributed by atoms with E-state index in [1.807, 2.05) is 12.1 Å². The minimum Gasteiger partial charge on any atom is -0.497 e. The van der Waals surface area contributed by atoms with Gasteiger partial charge in [0.15, 0.2) is 11.5 Å². The molecule has 0 saturated heterocycles. The van der Waals surface area contributed by atoms with Gasteiger partial charge in [0, 0.05) is 5.69 Å². The number of nitrogens with one attached hydrogen (secondary N) is 2. The van der Waals surface area contributed by atoms with Crippen molar-refractivity contribution in [3.63, 3.8) is 0 Å². The number of nitrogens with zero attached hydrogens (tertiary/aromatic N) is 2. The van der Waals surface area contributed by atoms with Crippen LogP contribution in [0.1, 0.15) is 23.1 Å². The standard InChI is InChI=1S/C26H23BrN4O5/c1-34-21-9-7-20(8-10-21)30-24(32)13-25(33)31-29-15-19-11-22(27)26(23(12-19)35-2)36-16-18-5-3-17(14-28)4-6-18/h3-12,15H,13,16H2,1-2H3,(H,30,32)(H,31,33). The average Bonchev–Trinajstić information content (AvgIpc) is 2.88. The Bertz CT molecular complexity index is 1290. The summed E-state index contributed by atoms with van der Waals surface area (Å²) in [6.45, 7) is 0.281. The molecule has 0 aliphatic carbocycles. The van der Waals surface area contributed by atoms with Crippen LogP contribution in [-0.4, -0.2) is 32.2 Å². The highest BCUT2D eigenvalue weighted by molar-refractivity contribution is 9.10. The molecule has 0 bridgehead atoms. The summed E-state index contributed by atoms with van der Waals surface area (Å²) < 4.78 is 17.0. The summed E-state index contributed by atoms with van der Waals surface area (Å²) in [7, 11) is 3.06. The van der Waals surface area contributed by atoms with Crippen LogP contribution in [0.25, 0.3) is 0 Å². The maximum Gasteiger partial charge on any atom is 0.249 e. The Balaban J connectivity index is 1.55. The van der Waals surface area contributed by atoms with E-state index in [1.54, 1.807) is 55.6 Å².